The molecule has 27 heavy (non-hydrogen) atoms. The predicted octanol–water partition coefficient (Wildman–Crippen LogP) is 4.47. The first-order valence-corrected chi connectivity index (χ1v) is 10.2. The number of aromatic nitrogens is 2. The maximum absolute atomic E-state index is 12.4. The third-order valence-electron chi connectivity index (χ3n) is 5.53. The number of amides is 1. The Morgan fingerprint density at radius 2 is 1.89 bits per heavy atom. The highest BCUT2D eigenvalue weighted by Crippen LogP contribution is 2.49. The molecule has 1 fully saturated rings. The highest BCUT2D eigenvalue weighted by molar-refractivity contribution is 6.30. The zero-order chi connectivity index (χ0) is 19.2. The molecule has 0 saturated carbocycles. The molecule has 0 spiro atoms. The predicted molar refractivity (Wildman–Crippen MR) is 105 cm³/mol. The zero-order valence-corrected chi connectivity index (χ0v) is 16.9. The average molecular weight is 391 g/mol. The van der Waals surface area contributed by atoms with Crippen molar-refractivity contribution < 1.29 is 9.53 Å². The Balaban J connectivity index is 1.51. The quantitative estimate of drug-likeness (QED) is 0.754. The van der Waals surface area contributed by atoms with Crippen molar-refractivity contribution in [2.75, 3.05) is 18.4 Å². The van der Waals surface area contributed by atoms with E-state index in [1.54, 1.807) is 4.90 Å². The van der Waals surface area contributed by atoms with Crippen molar-refractivity contribution in [3.8, 4) is 0 Å². The first-order chi connectivity index (χ1) is 12.8. The van der Waals surface area contributed by atoms with Gasteiger partial charge in [0, 0.05) is 42.1 Å². The van der Waals surface area contributed by atoms with Gasteiger partial charge in [0.2, 0.25) is 0 Å². The Hall–Kier alpha value is -1.82. The smallest absolute Gasteiger partial charge is 0.410 e. The Labute approximate surface area is 165 Å². The molecule has 3 atom stereocenters. The number of carbonyl (C=O) groups is 1. The van der Waals surface area contributed by atoms with E-state index in [-0.39, 0.29) is 12.1 Å². The van der Waals surface area contributed by atoms with Gasteiger partial charge in [0.1, 0.15) is 5.60 Å². The number of rotatable bonds is 2. The number of carbonyl (C=O) groups excluding carboxylic acids is 1. The number of piperidine rings is 1. The first-order valence-electron chi connectivity index (χ1n) is 9.80. The molecule has 7 heteroatoms. The summed E-state index contributed by atoms with van der Waals surface area (Å²) in [6, 6.07) is 0.135. The van der Waals surface area contributed by atoms with E-state index in [0.717, 1.165) is 43.6 Å². The fraction of sp³-hybridized carbons (Fsp3) is 0.650. The number of fused-ring (bicyclic) bond motifs is 1. The maximum Gasteiger partial charge on any atom is 0.410 e. The highest BCUT2D eigenvalue weighted by Gasteiger charge is 2.35. The van der Waals surface area contributed by atoms with E-state index < -0.39 is 5.60 Å². The third kappa shape index (κ3) is 3.77. The summed E-state index contributed by atoms with van der Waals surface area (Å²) >= 11 is 6.37. The molecule has 1 aromatic heterocycles. The lowest BCUT2D eigenvalue weighted by atomic mass is 9.72. The second-order valence-electron chi connectivity index (χ2n) is 8.75. The normalized spacial score (nSPS) is 26.7. The molecule has 1 amide bonds. The zero-order valence-electron chi connectivity index (χ0n) is 16.2. The summed E-state index contributed by atoms with van der Waals surface area (Å²) in [7, 11) is 0. The van der Waals surface area contributed by atoms with E-state index in [1.165, 1.54) is 5.56 Å². The van der Waals surface area contributed by atoms with E-state index in [1.807, 2.05) is 20.8 Å². The molecule has 0 aromatic carbocycles. The maximum atomic E-state index is 12.4. The van der Waals surface area contributed by atoms with E-state index in [2.05, 4.69) is 27.7 Å². The molecule has 5 rings (SSSR count). The lowest BCUT2D eigenvalue weighted by Gasteiger charge is -2.37. The van der Waals surface area contributed by atoms with Crippen LogP contribution in [0.5, 0.6) is 0 Å². The molecule has 1 saturated heterocycles. The minimum absolute atomic E-state index is 0.135. The number of likely N-dealkylation sites (tertiary alicyclic amines) is 1. The van der Waals surface area contributed by atoms with Gasteiger partial charge in [-0.25, -0.2) is 4.79 Å². The number of allylic oxidation sites excluding steroid dienone is 2. The van der Waals surface area contributed by atoms with Crippen molar-refractivity contribution >= 4 is 23.5 Å². The molecule has 1 aliphatic heterocycles. The van der Waals surface area contributed by atoms with Crippen LogP contribution in [0.25, 0.3) is 0 Å². The molecule has 6 nitrogen and oxygen atoms in total. The summed E-state index contributed by atoms with van der Waals surface area (Å²) < 4.78 is 5.53. The summed E-state index contributed by atoms with van der Waals surface area (Å²) in [4.78, 5) is 14.2. The van der Waals surface area contributed by atoms with Crippen LogP contribution in [-0.4, -0.2) is 45.9 Å². The summed E-state index contributed by atoms with van der Waals surface area (Å²) in [5.41, 5.74) is 1.85. The van der Waals surface area contributed by atoms with Crippen LogP contribution < -0.4 is 5.32 Å². The van der Waals surface area contributed by atoms with Crippen LogP contribution in [0.3, 0.4) is 0 Å². The van der Waals surface area contributed by atoms with Crippen molar-refractivity contribution in [3.63, 3.8) is 0 Å². The number of nitrogens with zero attached hydrogens (tertiary/aromatic N) is 3. The average Bonchev–Trinajstić information content (AvgIpc) is 2.63. The topological polar surface area (TPSA) is 67.3 Å². The first kappa shape index (κ1) is 18.5. The summed E-state index contributed by atoms with van der Waals surface area (Å²) in [6.45, 7) is 7.01. The number of ether oxygens (including phenoxy) is 1. The van der Waals surface area contributed by atoms with Crippen molar-refractivity contribution in [1.29, 1.82) is 0 Å². The Bertz CT molecular complexity index is 774. The summed E-state index contributed by atoms with van der Waals surface area (Å²) in [5, 5.41) is 12.6. The Kier molecular flexibility index (Phi) is 4.78. The van der Waals surface area contributed by atoms with E-state index >= 15 is 0 Å². The molecular formula is C20H27ClN4O2. The Morgan fingerprint density at radius 3 is 2.56 bits per heavy atom. The Morgan fingerprint density at radius 1 is 1.19 bits per heavy atom. The highest BCUT2D eigenvalue weighted by atomic mass is 35.5. The van der Waals surface area contributed by atoms with Crippen molar-refractivity contribution in [1.82, 2.24) is 15.1 Å². The van der Waals surface area contributed by atoms with Crippen LogP contribution in [-0.2, 0) is 4.74 Å². The molecule has 1 N–H and O–H groups in total. The standard InChI is InChI=1S/C20H27ClN4O2/c1-20(2,3)27-19(26)25-10-4-5-14(11-25)22-18-16-13-8-6-12(7-9-13)15(16)17(21)23-24-18/h6,8,12-14H,4-5,7,9-11H2,1-3H3,(H,22,24)/t12?,13?,14-/m1/s1. The van der Waals surface area contributed by atoms with Gasteiger partial charge in [-0.1, -0.05) is 23.8 Å². The molecule has 2 heterocycles. The number of nitrogens with one attached hydrogen (secondary N) is 1. The van der Waals surface area contributed by atoms with Gasteiger partial charge in [0.05, 0.1) is 0 Å². The van der Waals surface area contributed by atoms with Gasteiger partial charge < -0.3 is 15.0 Å². The van der Waals surface area contributed by atoms with Crippen molar-refractivity contribution in [2.24, 2.45) is 0 Å². The minimum Gasteiger partial charge on any atom is -0.444 e. The fourth-order valence-electron chi connectivity index (χ4n) is 4.36. The van der Waals surface area contributed by atoms with Crippen LogP contribution in [0.1, 0.15) is 69.4 Å². The van der Waals surface area contributed by atoms with E-state index in [4.69, 9.17) is 16.3 Å². The van der Waals surface area contributed by atoms with Crippen LogP contribution >= 0.6 is 11.6 Å². The van der Waals surface area contributed by atoms with Crippen molar-refractivity contribution in [2.45, 2.75) is 69.9 Å². The molecule has 4 aliphatic rings. The van der Waals surface area contributed by atoms with E-state index in [9.17, 15) is 4.79 Å². The summed E-state index contributed by atoms with van der Waals surface area (Å²) in [5.74, 6) is 1.52. The molecule has 3 aliphatic carbocycles. The molecule has 0 radical (unpaired) electrons. The number of anilines is 1. The van der Waals surface area contributed by atoms with Crippen LogP contribution in [0.15, 0.2) is 12.2 Å². The van der Waals surface area contributed by atoms with Gasteiger partial charge in [0.15, 0.2) is 11.0 Å². The molecular weight excluding hydrogens is 364 g/mol. The second-order valence-corrected chi connectivity index (χ2v) is 9.11. The lowest BCUT2D eigenvalue weighted by Crippen LogP contribution is -2.47. The molecule has 2 unspecified atom stereocenters. The van der Waals surface area contributed by atoms with Crippen LogP contribution in [0, 0.1) is 0 Å². The fourth-order valence-corrected chi connectivity index (χ4v) is 4.64. The SMILES string of the molecule is CC(C)(C)OC(=O)N1CCC[C@@H](Nc2nnc(Cl)c3c2C2C=CC3CC2)C1. The van der Waals surface area contributed by atoms with Crippen LogP contribution in [0.4, 0.5) is 10.6 Å². The monoisotopic (exact) mass is 390 g/mol. The van der Waals surface area contributed by atoms with Gasteiger partial charge in [0.25, 0.3) is 0 Å². The van der Waals surface area contributed by atoms with E-state index in [0.29, 0.717) is 23.5 Å². The van der Waals surface area contributed by atoms with Crippen LogP contribution in [0.2, 0.25) is 5.15 Å². The van der Waals surface area contributed by atoms with Crippen molar-refractivity contribution in [3.05, 3.63) is 28.4 Å². The minimum atomic E-state index is -0.482. The molecule has 146 valence electrons. The summed E-state index contributed by atoms with van der Waals surface area (Å²) in [6.07, 6.45) is 8.44. The molecule has 1 aromatic rings. The third-order valence-corrected chi connectivity index (χ3v) is 5.80. The van der Waals surface area contributed by atoms with Gasteiger partial charge in [-0.3, -0.25) is 0 Å². The number of halogens is 1. The number of hydrogen-bond acceptors (Lipinski definition) is 5. The lowest BCUT2D eigenvalue weighted by molar-refractivity contribution is 0.0206. The van der Waals surface area contributed by atoms with Gasteiger partial charge >= 0.3 is 6.09 Å². The van der Waals surface area contributed by atoms with Gasteiger partial charge in [-0.05, 0) is 46.5 Å². The largest absolute Gasteiger partial charge is 0.444 e. The van der Waals surface area contributed by atoms with Gasteiger partial charge in [-0.15, -0.1) is 10.2 Å². The van der Waals surface area contributed by atoms with Gasteiger partial charge in [-0.2, -0.15) is 0 Å². The molecule has 2 bridgehead atoms. The number of hydrogen-bond donors (Lipinski definition) is 1. The second kappa shape index (κ2) is 6.97.